The summed E-state index contributed by atoms with van der Waals surface area (Å²) >= 11 is 0. The summed E-state index contributed by atoms with van der Waals surface area (Å²) in [5, 5.41) is 20.2. The van der Waals surface area contributed by atoms with E-state index in [0.717, 1.165) is 11.4 Å². The van der Waals surface area contributed by atoms with Gasteiger partial charge in [-0.05, 0) is 25.1 Å². The van der Waals surface area contributed by atoms with E-state index in [1.807, 2.05) is 24.0 Å². The molecule has 0 atom stereocenters. The van der Waals surface area contributed by atoms with Gasteiger partial charge in [-0.15, -0.1) is 0 Å². The minimum Gasteiger partial charge on any atom is -0.467 e. The van der Waals surface area contributed by atoms with Crippen molar-refractivity contribution in [1.29, 1.82) is 0 Å². The smallest absolute Gasteiger partial charge is 0.269 e. The van der Waals surface area contributed by atoms with Crippen molar-refractivity contribution in [2.45, 2.75) is 20.1 Å². The molecule has 1 aromatic heterocycles. The predicted octanol–water partition coefficient (Wildman–Crippen LogP) is 2.71. The number of nitro benzene ring substituents is 1. The Hall–Kier alpha value is -2.34. The Labute approximate surface area is 116 Å². The Morgan fingerprint density at radius 2 is 2.20 bits per heavy atom. The van der Waals surface area contributed by atoms with Crippen LogP contribution in [0.5, 0.6) is 0 Å². The number of aliphatic hydroxyl groups excluding tert-OH is 1. The molecule has 0 amide bonds. The standard InChI is InChI=1S/C14H16N2O4/c1-2-15(9-13-4-3-7-20-13)14-6-5-12(16(18)19)8-11(14)10-17/h3-8,17H,2,9-10H2,1H3. The zero-order valence-corrected chi connectivity index (χ0v) is 11.2. The Morgan fingerprint density at radius 3 is 2.75 bits per heavy atom. The van der Waals surface area contributed by atoms with E-state index in [0.29, 0.717) is 18.7 Å². The van der Waals surface area contributed by atoms with Crippen molar-refractivity contribution >= 4 is 11.4 Å². The zero-order chi connectivity index (χ0) is 14.5. The maximum Gasteiger partial charge on any atom is 0.269 e. The molecule has 20 heavy (non-hydrogen) atoms. The molecule has 0 saturated carbocycles. The van der Waals surface area contributed by atoms with Gasteiger partial charge in [0, 0.05) is 29.9 Å². The molecule has 0 aliphatic carbocycles. The van der Waals surface area contributed by atoms with Gasteiger partial charge in [0.2, 0.25) is 0 Å². The maximum atomic E-state index is 10.8. The van der Waals surface area contributed by atoms with Crippen molar-refractivity contribution in [3.05, 3.63) is 58.0 Å². The molecule has 6 heteroatoms. The molecule has 0 spiro atoms. The van der Waals surface area contributed by atoms with Crippen LogP contribution in [0.4, 0.5) is 11.4 Å². The molecular weight excluding hydrogens is 260 g/mol. The van der Waals surface area contributed by atoms with Gasteiger partial charge in [0.15, 0.2) is 0 Å². The van der Waals surface area contributed by atoms with Gasteiger partial charge in [0.05, 0.1) is 24.3 Å². The third-order valence-electron chi connectivity index (χ3n) is 3.09. The lowest BCUT2D eigenvalue weighted by atomic mass is 10.1. The van der Waals surface area contributed by atoms with Gasteiger partial charge in [-0.3, -0.25) is 10.1 Å². The van der Waals surface area contributed by atoms with Crippen LogP contribution in [0.15, 0.2) is 41.0 Å². The number of nitro groups is 1. The van der Waals surface area contributed by atoms with E-state index in [2.05, 4.69) is 0 Å². The molecule has 2 rings (SSSR count). The lowest BCUT2D eigenvalue weighted by Crippen LogP contribution is -2.23. The maximum absolute atomic E-state index is 10.8. The van der Waals surface area contributed by atoms with E-state index in [1.165, 1.54) is 12.1 Å². The first-order valence-corrected chi connectivity index (χ1v) is 6.31. The highest BCUT2D eigenvalue weighted by Crippen LogP contribution is 2.26. The van der Waals surface area contributed by atoms with Crippen molar-refractivity contribution in [1.82, 2.24) is 0 Å². The van der Waals surface area contributed by atoms with Gasteiger partial charge in [-0.2, -0.15) is 0 Å². The van der Waals surface area contributed by atoms with Gasteiger partial charge in [0.1, 0.15) is 5.76 Å². The quantitative estimate of drug-likeness (QED) is 0.648. The number of nitrogens with zero attached hydrogens (tertiary/aromatic N) is 2. The molecule has 0 aliphatic heterocycles. The number of benzene rings is 1. The number of hydrogen-bond acceptors (Lipinski definition) is 5. The molecular formula is C14H16N2O4. The highest BCUT2D eigenvalue weighted by atomic mass is 16.6. The first-order valence-electron chi connectivity index (χ1n) is 6.31. The summed E-state index contributed by atoms with van der Waals surface area (Å²) < 4.78 is 5.31. The number of aliphatic hydroxyl groups is 1. The van der Waals surface area contributed by atoms with Gasteiger partial charge in [0.25, 0.3) is 5.69 Å². The third kappa shape index (κ3) is 2.97. The lowest BCUT2D eigenvalue weighted by Gasteiger charge is -2.24. The fraction of sp³-hybridized carbons (Fsp3) is 0.286. The summed E-state index contributed by atoms with van der Waals surface area (Å²) in [6.45, 7) is 2.98. The largest absolute Gasteiger partial charge is 0.467 e. The number of anilines is 1. The highest BCUT2D eigenvalue weighted by Gasteiger charge is 2.15. The summed E-state index contributed by atoms with van der Waals surface area (Å²) in [6, 6.07) is 8.19. The van der Waals surface area contributed by atoms with E-state index in [1.54, 1.807) is 12.3 Å². The van der Waals surface area contributed by atoms with Gasteiger partial charge in [-0.1, -0.05) is 0 Å². The van der Waals surface area contributed by atoms with Crippen molar-refractivity contribution in [3.63, 3.8) is 0 Å². The van der Waals surface area contributed by atoms with E-state index in [9.17, 15) is 15.2 Å². The van der Waals surface area contributed by atoms with Crippen LogP contribution in [0.3, 0.4) is 0 Å². The van der Waals surface area contributed by atoms with Crippen LogP contribution in [0, 0.1) is 10.1 Å². The Bertz CT molecular complexity index is 581. The van der Waals surface area contributed by atoms with Crippen LogP contribution in [0.25, 0.3) is 0 Å². The Morgan fingerprint density at radius 1 is 1.40 bits per heavy atom. The van der Waals surface area contributed by atoms with Crippen LogP contribution in [-0.4, -0.2) is 16.6 Å². The first kappa shape index (κ1) is 14.1. The van der Waals surface area contributed by atoms with Crippen LogP contribution in [-0.2, 0) is 13.2 Å². The fourth-order valence-electron chi connectivity index (χ4n) is 2.08. The molecule has 2 aromatic rings. The Kier molecular flexibility index (Phi) is 4.37. The average molecular weight is 276 g/mol. The monoisotopic (exact) mass is 276 g/mol. The first-order chi connectivity index (χ1) is 9.65. The molecule has 0 saturated heterocycles. The molecule has 1 N–H and O–H groups in total. The average Bonchev–Trinajstić information content (AvgIpc) is 2.97. The molecule has 106 valence electrons. The van der Waals surface area contributed by atoms with E-state index >= 15 is 0 Å². The van der Waals surface area contributed by atoms with E-state index < -0.39 is 4.92 Å². The fourth-order valence-corrected chi connectivity index (χ4v) is 2.08. The molecule has 6 nitrogen and oxygen atoms in total. The van der Waals surface area contributed by atoms with Crippen molar-refractivity contribution in [2.75, 3.05) is 11.4 Å². The summed E-state index contributed by atoms with van der Waals surface area (Å²) in [4.78, 5) is 12.3. The number of hydrogen-bond donors (Lipinski definition) is 1. The molecule has 0 unspecified atom stereocenters. The molecule has 1 aromatic carbocycles. The SMILES string of the molecule is CCN(Cc1ccco1)c1ccc([N+](=O)[O-])cc1CO. The summed E-state index contributed by atoms with van der Waals surface area (Å²) in [5.41, 5.74) is 1.29. The van der Waals surface area contributed by atoms with Crippen molar-refractivity contribution < 1.29 is 14.4 Å². The highest BCUT2D eigenvalue weighted by molar-refractivity contribution is 5.57. The minimum atomic E-state index is -0.467. The second kappa shape index (κ2) is 6.21. The third-order valence-corrected chi connectivity index (χ3v) is 3.09. The van der Waals surface area contributed by atoms with Crippen LogP contribution in [0.2, 0.25) is 0 Å². The summed E-state index contributed by atoms with van der Waals surface area (Å²) in [6.07, 6.45) is 1.60. The molecule has 0 radical (unpaired) electrons. The van der Waals surface area contributed by atoms with Gasteiger partial charge in [-0.25, -0.2) is 0 Å². The lowest BCUT2D eigenvalue weighted by molar-refractivity contribution is -0.384. The van der Waals surface area contributed by atoms with Crippen LogP contribution >= 0.6 is 0 Å². The number of non-ortho nitro benzene ring substituents is 1. The topological polar surface area (TPSA) is 79.8 Å². The molecule has 0 aliphatic rings. The van der Waals surface area contributed by atoms with Crippen LogP contribution in [0.1, 0.15) is 18.2 Å². The van der Waals surface area contributed by atoms with E-state index in [-0.39, 0.29) is 12.3 Å². The molecule has 0 bridgehead atoms. The number of rotatable bonds is 6. The van der Waals surface area contributed by atoms with E-state index in [4.69, 9.17) is 4.42 Å². The van der Waals surface area contributed by atoms with Crippen molar-refractivity contribution in [2.24, 2.45) is 0 Å². The molecule has 1 heterocycles. The summed E-state index contributed by atoms with van der Waals surface area (Å²) in [7, 11) is 0. The summed E-state index contributed by atoms with van der Waals surface area (Å²) in [5.74, 6) is 0.800. The normalized spacial score (nSPS) is 10.5. The minimum absolute atomic E-state index is 0.0214. The van der Waals surface area contributed by atoms with Gasteiger partial charge >= 0.3 is 0 Å². The molecule has 0 fully saturated rings. The Balaban J connectivity index is 2.31. The predicted molar refractivity (Wildman–Crippen MR) is 74.5 cm³/mol. The zero-order valence-electron chi connectivity index (χ0n) is 11.2. The second-order valence-electron chi connectivity index (χ2n) is 4.32. The van der Waals surface area contributed by atoms with Crippen LogP contribution < -0.4 is 4.90 Å². The second-order valence-corrected chi connectivity index (χ2v) is 4.32. The number of furan rings is 1. The van der Waals surface area contributed by atoms with Crippen molar-refractivity contribution in [3.8, 4) is 0 Å². The van der Waals surface area contributed by atoms with Gasteiger partial charge < -0.3 is 14.4 Å².